The average molecular weight is 356 g/mol. The minimum absolute atomic E-state index is 0.00548. The van der Waals surface area contributed by atoms with Crippen molar-refractivity contribution < 1.29 is 0 Å². The van der Waals surface area contributed by atoms with Gasteiger partial charge in [-0.1, -0.05) is 33.1 Å². The van der Waals surface area contributed by atoms with Crippen molar-refractivity contribution >= 4 is 21.6 Å². The third kappa shape index (κ3) is 3.87. The van der Waals surface area contributed by atoms with Gasteiger partial charge in [-0.25, -0.2) is 4.68 Å². The summed E-state index contributed by atoms with van der Waals surface area (Å²) in [5.41, 5.74) is 0.651. The second-order valence-corrected chi connectivity index (χ2v) is 7.02. The molecular formula is C16H26BrN3O. The maximum absolute atomic E-state index is 12.6. The first-order valence-electron chi connectivity index (χ1n) is 8.08. The summed E-state index contributed by atoms with van der Waals surface area (Å²) in [5, 5.41) is 7.68. The van der Waals surface area contributed by atoms with Gasteiger partial charge in [0.1, 0.15) is 5.69 Å². The van der Waals surface area contributed by atoms with Crippen LogP contribution >= 0.6 is 15.9 Å². The quantitative estimate of drug-likeness (QED) is 0.802. The Morgan fingerprint density at radius 2 is 2.10 bits per heavy atom. The van der Waals surface area contributed by atoms with Gasteiger partial charge in [0.25, 0.3) is 5.56 Å². The van der Waals surface area contributed by atoms with Crippen molar-refractivity contribution in [2.75, 3.05) is 5.32 Å². The van der Waals surface area contributed by atoms with Crippen LogP contribution in [0.25, 0.3) is 0 Å². The molecule has 0 spiro atoms. The van der Waals surface area contributed by atoms with E-state index in [2.05, 4.69) is 47.1 Å². The molecule has 0 aliphatic heterocycles. The molecule has 1 aromatic heterocycles. The molecule has 0 bridgehead atoms. The third-order valence-electron chi connectivity index (χ3n) is 4.78. The van der Waals surface area contributed by atoms with Gasteiger partial charge in [-0.15, -0.1) is 0 Å². The summed E-state index contributed by atoms with van der Waals surface area (Å²) in [6, 6.07) is 0.281. The average Bonchev–Trinajstić information content (AvgIpc) is 2.42. The highest BCUT2D eigenvalue weighted by molar-refractivity contribution is 9.10. The van der Waals surface area contributed by atoms with Crippen LogP contribution in [0.2, 0.25) is 0 Å². The summed E-state index contributed by atoms with van der Waals surface area (Å²) in [7, 11) is 0. The molecular weight excluding hydrogens is 330 g/mol. The van der Waals surface area contributed by atoms with E-state index in [9.17, 15) is 4.79 Å². The second-order valence-electron chi connectivity index (χ2n) is 6.16. The summed E-state index contributed by atoms with van der Waals surface area (Å²) >= 11 is 3.46. The first-order valence-corrected chi connectivity index (χ1v) is 8.88. The SMILES string of the molecule is CCC(CC)C(C)Nc1c(Br)cnn(CC2CCC2)c1=O. The lowest BCUT2D eigenvalue weighted by molar-refractivity contribution is 0.261. The van der Waals surface area contributed by atoms with Gasteiger partial charge in [0, 0.05) is 12.6 Å². The molecule has 1 aromatic rings. The topological polar surface area (TPSA) is 46.9 Å². The van der Waals surface area contributed by atoms with E-state index in [4.69, 9.17) is 0 Å². The van der Waals surface area contributed by atoms with Crippen LogP contribution in [0.3, 0.4) is 0 Å². The summed E-state index contributed by atoms with van der Waals surface area (Å²) in [5.74, 6) is 1.20. The van der Waals surface area contributed by atoms with E-state index in [0.717, 1.165) is 23.9 Å². The van der Waals surface area contributed by atoms with Gasteiger partial charge in [0.05, 0.1) is 10.7 Å². The molecule has 1 heterocycles. The van der Waals surface area contributed by atoms with Crippen molar-refractivity contribution in [2.45, 2.75) is 65.5 Å². The number of rotatable bonds is 7. The first-order chi connectivity index (χ1) is 10.1. The van der Waals surface area contributed by atoms with Crippen LogP contribution in [-0.4, -0.2) is 15.8 Å². The summed E-state index contributed by atoms with van der Waals surface area (Å²) in [6.45, 7) is 7.30. The largest absolute Gasteiger partial charge is 0.377 e. The molecule has 0 saturated heterocycles. The normalized spacial score (nSPS) is 16.8. The van der Waals surface area contributed by atoms with E-state index < -0.39 is 0 Å². The van der Waals surface area contributed by atoms with Crippen molar-refractivity contribution in [1.82, 2.24) is 9.78 Å². The highest BCUT2D eigenvalue weighted by Crippen LogP contribution is 2.28. The molecule has 1 fully saturated rings. The van der Waals surface area contributed by atoms with Gasteiger partial charge >= 0.3 is 0 Å². The standard InChI is InChI=1S/C16H26BrN3O/c1-4-13(5-2)11(3)19-15-14(17)9-18-20(16(15)21)10-12-7-6-8-12/h9,11-13,19H,4-8,10H2,1-3H3. The van der Waals surface area contributed by atoms with Gasteiger partial charge in [-0.05, 0) is 47.5 Å². The van der Waals surface area contributed by atoms with E-state index in [1.54, 1.807) is 10.9 Å². The molecule has 2 rings (SSSR count). The monoisotopic (exact) mass is 355 g/mol. The minimum Gasteiger partial charge on any atom is -0.377 e. The van der Waals surface area contributed by atoms with Crippen LogP contribution in [-0.2, 0) is 6.54 Å². The Balaban J connectivity index is 2.17. The van der Waals surface area contributed by atoms with Gasteiger partial charge in [-0.3, -0.25) is 4.79 Å². The number of hydrogen-bond acceptors (Lipinski definition) is 3. The van der Waals surface area contributed by atoms with Gasteiger partial charge in [0.2, 0.25) is 0 Å². The minimum atomic E-state index is -0.00548. The van der Waals surface area contributed by atoms with Gasteiger partial charge < -0.3 is 5.32 Å². The van der Waals surface area contributed by atoms with Crippen molar-refractivity contribution in [2.24, 2.45) is 11.8 Å². The lowest BCUT2D eigenvalue weighted by Gasteiger charge is -2.26. The molecule has 1 saturated carbocycles. The van der Waals surface area contributed by atoms with Crippen LogP contribution in [0.4, 0.5) is 5.69 Å². The molecule has 0 aromatic carbocycles. The number of halogens is 1. The summed E-state index contributed by atoms with van der Waals surface area (Å²) in [4.78, 5) is 12.6. The van der Waals surface area contributed by atoms with Gasteiger partial charge in [0.15, 0.2) is 0 Å². The van der Waals surface area contributed by atoms with E-state index in [1.807, 2.05) is 0 Å². The Bertz CT molecular complexity index is 521. The maximum atomic E-state index is 12.6. The first kappa shape index (κ1) is 16.5. The summed E-state index contributed by atoms with van der Waals surface area (Å²) in [6.07, 6.45) is 7.69. The maximum Gasteiger partial charge on any atom is 0.291 e. The van der Waals surface area contributed by atoms with Crippen LogP contribution in [0.15, 0.2) is 15.5 Å². The number of hydrogen-bond donors (Lipinski definition) is 1. The Morgan fingerprint density at radius 1 is 1.43 bits per heavy atom. The zero-order chi connectivity index (χ0) is 15.4. The second kappa shape index (κ2) is 7.43. The zero-order valence-electron chi connectivity index (χ0n) is 13.2. The fourth-order valence-corrected chi connectivity index (χ4v) is 3.37. The molecule has 1 aliphatic carbocycles. The molecule has 1 N–H and O–H groups in total. The van der Waals surface area contributed by atoms with E-state index in [0.29, 0.717) is 17.5 Å². The molecule has 5 heteroatoms. The molecule has 1 atom stereocenters. The Hall–Kier alpha value is -0.840. The number of nitrogens with one attached hydrogen (secondary N) is 1. The number of nitrogens with zero attached hydrogens (tertiary/aromatic N) is 2. The summed E-state index contributed by atoms with van der Waals surface area (Å²) < 4.78 is 2.38. The molecule has 0 amide bonds. The van der Waals surface area contributed by atoms with E-state index in [1.165, 1.54) is 19.3 Å². The molecule has 4 nitrogen and oxygen atoms in total. The Labute approximate surface area is 135 Å². The smallest absolute Gasteiger partial charge is 0.291 e. The fraction of sp³-hybridized carbons (Fsp3) is 0.750. The van der Waals surface area contributed by atoms with E-state index in [-0.39, 0.29) is 11.6 Å². The van der Waals surface area contributed by atoms with Crippen molar-refractivity contribution in [3.8, 4) is 0 Å². The molecule has 118 valence electrons. The van der Waals surface area contributed by atoms with Crippen molar-refractivity contribution in [3.05, 3.63) is 21.0 Å². The number of aromatic nitrogens is 2. The highest BCUT2D eigenvalue weighted by Gasteiger charge is 2.21. The van der Waals surface area contributed by atoms with Crippen LogP contribution in [0, 0.1) is 11.8 Å². The van der Waals surface area contributed by atoms with Crippen molar-refractivity contribution in [3.63, 3.8) is 0 Å². The Kier molecular flexibility index (Phi) is 5.85. The van der Waals surface area contributed by atoms with Crippen molar-refractivity contribution in [1.29, 1.82) is 0 Å². The van der Waals surface area contributed by atoms with Crippen LogP contribution in [0.5, 0.6) is 0 Å². The Morgan fingerprint density at radius 3 is 2.62 bits per heavy atom. The lowest BCUT2D eigenvalue weighted by atomic mass is 9.85. The molecule has 21 heavy (non-hydrogen) atoms. The zero-order valence-corrected chi connectivity index (χ0v) is 14.8. The van der Waals surface area contributed by atoms with E-state index >= 15 is 0 Å². The molecule has 1 aliphatic rings. The number of anilines is 1. The molecule has 1 unspecified atom stereocenters. The van der Waals surface area contributed by atoms with Gasteiger partial charge in [-0.2, -0.15) is 5.10 Å². The van der Waals surface area contributed by atoms with Crippen LogP contribution < -0.4 is 10.9 Å². The van der Waals surface area contributed by atoms with Crippen LogP contribution in [0.1, 0.15) is 52.9 Å². The third-order valence-corrected chi connectivity index (χ3v) is 5.38. The lowest BCUT2D eigenvalue weighted by Crippen LogP contribution is -2.34. The highest BCUT2D eigenvalue weighted by atomic mass is 79.9. The fourth-order valence-electron chi connectivity index (χ4n) is 2.99. The predicted molar refractivity (Wildman–Crippen MR) is 90.7 cm³/mol. The molecule has 0 radical (unpaired) electrons. The predicted octanol–water partition coefficient (Wildman–Crippen LogP) is 4.04.